The first-order chi connectivity index (χ1) is 8.63. The lowest BCUT2D eigenvalue weighted by molar-refractivity contribution is -0.0699. The van der Waals surface area contributed by atoms with E-state index in [2.05, 4.69) is 37.8 Å². The monoisotopic (exact) mass is 249 g/mol. The molecule has 0 radical (unpaired) electrons. The standard InChI is InChI=1S/C15H23NO2/c1-12-4-6-15(7-5-12)17-9-8-16-10-13(2)18-14(3)11-16/h4-7,13-14H,8-11H2,1-3H3/t13-,14+. The molecule has 0 unspecified atom stereocenters. The molecular formula is C15H23NO2. The van der Waals surface area contributed by atoms with Gasteiger partial charge in [-0.25, -0.2) is 0 Å². The Morgan fingerprint density at radius 3 is 2.39 bits per heavy atom. The van der Waals surface area contributed by atoms with Crippen molar-refractivity contribution in [2.45, 2.75) is 33.0 Å². The predicted octanol–water partition coefficient (Wildman–Crippen LogP) is 2.48. The van der Waals surface area contributed by atoms with Gasteiger partial charge in [-0.15, -0.1) is 0 Å². The van der Waals surface area contributed by atoms with Crippen LogP contribution in [0.5, 0.6) is 5.75 Å². The average molecular weight is 249 g/mol. The molecule has 0 amide bonds. The van der Waals surface area contributed by atoms with Gasteiger partial charge < -0.3 is 9.47 Å². The highest BCUT2D eigenvalue weighted by molar-refractivity contribution is 5.26. The van der Waals surface area contributed by atoms with Gasteiger partial charge in [-0.05, 0) is 32.9 Å². The number of benzene rings is 1. The lowest BCUT2D eigenvalue weighted by atomic mass is 10.2. The normalized spacial score (nSPS) is 25.1. The van der Waals surface area contributed by atoms with Crippen molar-refractivity contribution in [1.29, 1.82) is 0 Å². The number of ether oxygens (including phenoxy) is 2. The summed E-state index contributed by atoms with van der Waals surface area (Å²) in [5.41, 5.74) is 1.26. The second-order valence-corrected chi connectivity index (χ2v) is 5.18. The number of hydrogen-bond donors (Lipinski definition) is 0. The van der Waals surface area contributed by atoms with E-state index in [-0.39, 0.29) is 0 Å². The van der Waals surface area contributed by atoms with Crippen LogP contribution in [-0.4, -0.2) is 43.3 Å². The minimum absolute atomic E-state index is 0.327. The number of rotatable bonds is 4. The molecule has 0 bridgehead atoms. The molecule has 3 nitrogen and oxygen atoms in total. The topological polar surface area (TPSA) is 21.7 Å². The molecule has 18 heavy (non-hydrogen) atoms. The molecule has 1 aromatic rings. The second-order valence-electron chi connectivity index (χ2n) is 5.18. The largest absolute Gasteiger partial charge is 0.492 e. The number of nitrogens with zero attached hydrogens (tertiary/aromatic N) is 1. The van der Waals surface area contributed by atoms with Gasteiger partial charge in [-0.2, -0.15) is 0 Å². The maximum atomic E-state index is 5.75. The van der Waals surface area contributed by atoms with Crippen LogP contribution >= 0.6 is 0 Å². The third-order valence-corrected chi connectivity index (χ3v) is 3.19. The molecule has 1 saturated heterocycles. The molecule has 1 aliphatic rings. The van der Waals surface area contributed by atoms with Gasteiger partial charge in [0.05, 0.1) is 12.2 Å². The molecule has 1 fully saturated rings. The van der Waals surface area contributed by atoms with E-state index in [1.165, 1.54) is 5.56 Å². The third kappa shape index (κ3) is 4.00. The first-order valence-corrected chi connectivity index (χ1v) is 6.71. The molecule has 2 atom stereocenters. The van der Waals surface area contributed by atoms with Gasteiger partial charge in [0.25, 0.3) is 0 Å². The Labute approximate surface area is 110 Å². The Morgan fingerprint density at radius 2 is 1.78 bits per heavy atom. The number of aryl methyl sites for hydroxylation is 1. The molecule has 1 aliphatic heterocycles. The molecule has 0 aromatic heterocycles. The zero-order valence-electron chi connectivity index (χ0n) is 11.6. The summed E-state index contributed by atoms with van der Waals surface area (Å²) in [5.74, 6) is 0.954. The fourth-order valence-corrected chi connectivity index (χ4v) is 2.39. The molecule has 3 heteroatoms. The highest BCUT2D eigenvalue weighted by Crippen LogP contribution is 2.13. The maximum Gasteiger partial charge on any atom is 0.119 e. The summed E-state index contributed by atoms with van der Waals surface area (Å²) in [6.07, 6.45) is 0.654. The van der Waals surface area contributed by atoms with Crippen LogP contribution in [0.2, 0.25) is 0 Å². The molecule has 0 spiro atoms. The first kappa shape index (κ1) is 13.4. The summed E-state index contributed by atoms with van der Waals surface area (Å²) < 4.78 is 11.5. The Bertz CT molecular complexity index is 353. The molecule has 0 aliphatic carbocycles. The maximum absolute atomic E-state index is 5.75. The summed E-state index contributed by atoms with van der Waals surface area (Å²) in [7, 11) is 0. The highest BCUT2D eigenvalue weighted by Gasteiger charge is 2.21. The van der Waals surface area contributed by atoms with Crippen LogP contribution in [0.3, 0.4) is 0 Å². The Morgan fingerprint density at radius 1 is 1.17 bits per heavy atom. The molecule has 0 N–H and O–H groups in total. The summed E-state index contributed by atoms with van der Waals surface area (Å²) in [6.45, 7) is 10.0. The SMILES string of the molecule is Cc1ccc(OCCN2C[C@@H](C)O[C@@H](C)C2)cc1. The smallest absolute Gasteiger partial charge is 0.119 e. The van der Waals surface area contributed by atoms with E-state index in [4.69, 9.17) is 9.47 Å². The van der Waals surface area contributed by atoms with Crippen molar-refractivity contribution in [2.75, 3.05) is 26.2 Å². The summed E-state index contributed by atoms with van der Waals surface area (Å²) in [4.78, 5) is 2.41. The quantitative estimate of drug-likeness (QED) is 0.818. The van der Waals surface area contributed by atoms with Crippen LogP contribution in [0.25, 0.3) is 0 Å². The highest BCUT2D eigenvalue weighted by atomic mass is 16.5. The van der Waals surface area contributed by atoms with Crippen LogP contribution < -0.4 is 4.74 Å². The second kappa shape index (κ2) is 6.21. The Kier molecular flexibility index (Phi) is 4.61. The van der Waals surface area contributed by atoms with E-state index < -0.39 is 0 Å². The fraction of sp³-hybridized carbons (Fsp3) is 0.600. The lowest BCUT2D eigenvalue weighted by Gasteiger charge is -2.35. The lowest BCUT2D eigenvalue weighted by Crippen LogP contribution is -2.46. The van der Waals surface area contributed by atoms with Gasteiger partial charge in [0.15, 0.2) is 0 Å². The van der Waals surface area contributed by atoms with Crippen molar-refractivity contribution in [3.05, 3.63) is 29.8 Å². The van der Waals surface area contributed by atoms with Gasteiger partial charge in [0.1, 0.15) is 12.4 Å². The van der Waals surface area contributed by atoms with Gasteiger partial charge in [-0.1, -0.05) is 17.7 Å². The number of hydrogen-bond acceptors (Lipinski definition) is 3. The van der Waals surface area contributed by atoms with Crippen molar-refractivity contribution in [2.24, 2.45) is 0 Å². The van der Waals surface area contributed by atoms with Crippen molar-refractivity contribution in [1.82, 2.24) is 4.90 Å². The molecule has 0 saturated carbocycles. The van der Waals surface area contributed by atoms with Crippen LogP contribution in [0, 0.1) is 6.92 Å². The molecule has 100 valence electrons. The van der Waals surface area contributed by atoms with E-state index in [0.717, 1.165) is 32.0 Å². The third-order valence-electron chi connectivity index (χ3n) is 3.19. The summed E-state index contributed by atoms with van der Waals surface area (Å²) in [5, 5.41) is 0. The zero-order valence-corrected chi connectivity index (χ0v) is 11.6. The van der Waals surface area contributed by atoms with Crippen LogP contribution in [0.1, 0.15) is 19.4 Å². The average Bonchev–Trinajstić information content (AvgIpc) is 2.30. The van der Waals surface area contributed by atoms with Gasteiger partial charge >= 0.3 is 0 Å². The van der Waals surface area contributed by atoms with E-state index in [1.54, 1.807) is 0 Å². The Hall–Kier alpha value is -1.06. The zero-order chi connectivity index (χ0) is 13.0. The van der Waals surface area contributed by atoms with Crippen molar-refractivity contribution >= 4 is 0 Å². The van der Waals surface area contributed by atoms with E-state index in [9.17, 15) is 0 Å². The number of morpholine rings is 1. The van der Waals surface area contributed by atoms with Gasteiger partial charge in [0.2, 0.25) is 0 Å². The van der Waals surface area contributed by atoms with Crippen molar-refractivity contribution in [3.8, 4) is 5.75 Å². The minimum Gasteiger partial charge on any atom is -0.492 e. The van der Waals surface area contributed by atoms with Crippen molar-refractivity contribution in [3.63, 3.8) is 0 Å². The van der Waals surface area contributed by atoms with Crippen LogP contribution in [0.15, 0.2) is 24.3 Å². The Balaban J connectivity index is 1.73. The van der Waals surface area contributed by atoms with E-state index in [0.29, 0.717) is 12.2 Å². The van der Waals surface area contributed by atoms with Gasteiger partial charge in [0, 0.05) is 19.6 Å². The van der Waals surface area contributed by atoms with E-state index >= 15 is 0 Å². The van der Waals surface area contributed by atoms with E-state index in [1.807, 2.05) is 12.1 Å². The van der Waals surface area contributed by atoms with Crippen LogP contribution in [0.4, 0.5) is 0 Å². The van der Waals surface area contributed by atoms with Crippen molar-refractivity contribution < 1.29 is 9.47 Å². The predicted molar refractivity (Wildman–Crippen MR) is 73.1 cm³/mol. The molecule has 1 heterocycles. The first-order valence-electron chi connectivity index (χ1n) is 6.71. The molecule has 2 rings (SSSR count). The molecule has 1 aromatic carbocycles. The summed E-state index contributed by atoms with van der Waals surface area (Å²) in [6, 6.07) is 8.21. The van der Waals surface area contributed by atoms with Gasteiger partial charge in [-0.3, -0.25) is 4.90 Å². The fourth-order valence-electron chi connectivity index (χ4n) is 2.39. The minimum atomic E-state index is 0.327. The van der Waals surface area contributed by atoms with Crippen LogP contribution in [-0.2, 0) is 4.74 Å². The molecular weight excluding hydrogens is 226 g/mol. The summed E-state index contributed by atoms with van der Waals surface area (Å²) >= 11 is 0.